The topological polar surface area (TPSA) is 68.5 Å². The van der Waals surface area contributed by atoms with Crippen molar-refractivity contribution in [2.24, 2.45) is 0 Å². The number of ether oxygens (including phenoxy) is 1. The maximum Gasteiger partial charge on any atom is 0.341 e. The molecule has 0 unspecified atom stereocenters. The standard InChI is InChI=1S/C14H11F2NO4/c1-6-10(16)2-8-11-13(6)21-5-7(3-15)17(11)4-9(12(8)18)14(19)20/h2,4,7H,3,5H2,1H3,(H,19,20)/t7-/m0/s1. The lowest BCUT2D eigenvalue weighted by Crippen LogP contribution is -2.29. The summed E-state index contributed by atoms with van der Waals surface area (Å²) in [5, 5.41) is 8.96. The Labute approximate surface area is 117 Å². The van der Waals surface area contributed by atoms with Gasteiger partial charge in [-0.25, -0.2) is 13.6 Å². The molecule has 0 radical (unpaired) electrons. The van der Waals surface area contributed by atoms with Crippen LogP contribution in [-0.4, -0.2) is 28.9 Å². The second-order valence-electron chi connectivity index (χ2n) is 4.91. The fourth-order valence-electron chi connectivity index (χ4n) is 2.54. The van der Waals surface area contributed by atoms with Gasteiger partial charge in [0.1, 0.15) is 30.4 Å². The molecule has 2 aromatic rings. The van der Waals surface area contributed by atoms with Crippen molar-refractivity contribution < 1.29 is 23.4 Å². The Morgan fingerprint density at radius 3 is 2.90 bits per heavy atom. The molecule has 110 valence electrons. The van der Waals surface area contributed by atoms with Gasteiger partial charge in [0.15, 0.2) is 0 Å². The van der Waals surface area contributed by atoms with Crippen molar-refractivity contribution in [3.63, 3.8) is 0 Å². The molecule has 1 atom stereocenters. The summed E-state index contributed by atoms with van der Waals surface area (Å²) in [5.74, 6) is -1.94. The van der Waals surface area contributed by atoms with Crippen LogP contribution < -0.4 is 10.2 Å². The van der Waals surface area contributed by atoms with Gasteiger partial charge in [0, 0.05) is 11.8 Å². The number of rotatable bonds is 2. The van der Waals surface area contributed by atoms with Crippen LogP contribution in [0.2, 0.25) is 0 Å². The van der Waals surface area contributed by atoms with Crippen LogP contribution in [0.1, 0.15) is 22.0 Å². The van der Waals surface area contributed by atoms with Gasteiger partial charge in [-0.2, -0.15) is 0 Å². The number of carboxylic acids is 1. The van der Waals surface area contributed by atoms with E-state index in [9.17, 15) is 18.4 Å². The van der Waals surface area contributed by atoms with Gasteiger partial charge in [-0.1, -0.05) is 0 Å². The van der Waals surface area contributed by atoms with Crippen LogP contribution in [0, 0.1) is 12.7 Å². The first-order chi connectivity index (χ1) is 9.95. The zero-order valence-corrected chi connectivity index (χ0v) is 11.0. The van der Waals surface area contributed by atoms with Crippen molar-refractivity contribution in [2.45, 2.75) is 13.0 Å². The van der Waals surface area contributed by atoms with Gasteiger partial charge in [0.25, 0.3) is 0 Å². The van der Waals surface area contributed by atoms with Crippen LogP contribution >= 0.6 is 0 Å². The summed E-state index contributed by atoms with van der Waals surface area (Å²) >= 11 is 0. The van der Waals surface area contributed by atoms with Crippen molar-refractivity contribution in [1.82, 2.24) is 4.57 Å². The fraction of sp³-hybridized carbons (Fsp3) is 0.286. The molecular formula is C14H11F2NO4. The molecule has 0 fully saturated rings. The number of hydrogen-bond donors (Lipinski definition) is 1. The quantitative estimate of drug-likeness (QED) is 0.920. The lowest BCUT2D eigenvalue weighted by atomic mass is 10.0. The molecule has 5 nitrogen and oxygen atoms in total. The van der Waals surface area contributed by atoms with Crippen LogP contribution in [-0.2, 0) is 0 Å². The highest BCUT2D eigenvalue weighted by Crippen LogP contribution is 2.36. The Morgan fingerprint density at radius 2 is 2.29 bits per heavy atom. The first-order valence-electron chi connectivity index (χ1n) is 6.25. The van der Waals surface area contributed by atoms with E-state index >= 15 is 0 Å². The highest BCUT2D eigenvalue weighted by Gasteiger charge is 2.28. The van der Waals surface area contributed by atoms with Crippen LogP contribution in [0.5, 0.6) is 5.75 Å². The predicted octanol–water partition coefficient (Wildman–Crippen LogP) is 2.05. The molecule has 1 aliphatic heterocycles. The molecule has 0 amide bonds. The molecule has 0 spiro atoms. The number of aromatic nitrogens is 1. The number of carboxylic acid groups (broad SMARTS) is 1. The summed E-state index contributed by atoms with van der Waals surface area (Å²) in [4.78, 5) is 23.3. The lowest BCUT2D eigenvalue weighted by Gasteiger charge is -2.28. The number of hydrogen-bond acceptors (Lipinski definition) is 3. The highest BCUT2D eigenvalue weighted by molar-refractivity contribution is 5.95. The second-order valence-corrected chi connectivity index (χ2v) is 4.91. The van der Waals surface area contributed by atoms with Gasteiger partial charge >= 0.3 is 5.97 Å². The van der Waals surface area contributed by atoms with Gasteiger partial charge in [-0.05, 0) is 13.0 Å². The molecule has 21 heavy (non-hydrogen) atoms. The van der Waals surface area contributed by atoms with E-state index in [0.29, 0.717) is 0 Å². The summed E-state index contributed by atoms with van der Waals surface area (Å²) in [6.07, 6.45) is 1.10. The van der Waals surface area contributed by atoms with E-state index in [4.69, 9.17) is 9.84 Å². The fourth-order valence-corrected chi connectivity index (χ4v) is 2.54. The van der Waals surface area contributed by atoms with E-state index in [1.807, 2.05) is 0 Å². The Kier molecular flexibility index (Phi) is 2.93. The van der Waals surface area contributed by atoms with Crippen molar-refractivity contribution in [3.8, 4) is 5.75 Å². The molecule has 1 N–H and O–H groups in total. The molecule has 7 heteroatoms. The first kappa shape index (κ1) is 13.5. The molecule has 0 saturated carbocycles. The number of nitrogens with zero attached hydrogens (tertiary/aromatic N) is 1. The molecule has 2 heterocycles. The van der Waals surface area contributed by atoms with E-state index in [0.717, 1.165) is 12.3 Å². The van der Waals surface area contributed by atoms with E-state index in [2.05, 4.69) is 0 Å². The van der Waals surface area contributed by atoms with E-state index in [-0.39, 0.29) is 28.8 Å². The van der Waals surface area contributed by atoms with Gasteiger partial charge < -0.3 is 14.4 Å². The lowest BCUT2D eigenvalue weighted by molar-refractivity contribution is 0.0694. The normalized spacial score (nSPS) is 16.8. The van der Waals surface area contributed by atoms with Crippen molar-refractivity contribution in [1.29, 1.82) is 0 Å². The van der Waals surface area contributed by atoms with E-state index < -0.39 is 35.5 Å². The summed E-state index contributed by atoms with van der Waals surface area (Å²) in [5.41, 5.74) is -0.886. The third-order valence-corrected chi connectivity index (χ3v) is 3.68. The Bertz CT molecular complexity index is 828. The van der Waals surface area contributed by atoms with Gasteiger partial charge in [-0.15, -0.1) is 0 Å². The summed E-state index contributed by atoms with van der Waals surface area (Å²) in [6.45, 7) is 0.650. The SMILES string of the molecule is Cc1c(F)cc2c(=O)c(C(=O)O)cn3c2c1OC[C@@H]3CF. The van der Waals surface area contributed by atoms with E-state index in [1.54, 1.807) is 0 Å². The Hall–Kier alpha value is -2.44. The number of carbonyl (C=O) groups is 1. The third kappa shape index (κ3) is 1.80. The Balaban J connectivity index is 2.53. The van der Waals surface area contributed by atoms with Crippen LogP contribution in [0.15, 0.2) is 17.1 Å². The molecule has 1 aromatic heterocycles. The molecule has 1 aromatic carbocycles. The third-order valence-electron chi connectivity index (χ3n) is 3.68. The van der Waals surface area contributed by atoms with Crippen molar-refractivity contribution >= 4 is 16.9 Å². The maximum absolute atomic E-state index is 13.9. The monoisotopic (exact) mass is 295 g/mol. The van der Waals surface area contributed by atoms with Gasteiger partial charge in [0.2, 0.25) is 5.43 Å². The number of alkyl halides is 1. The second kappa shape index (κ2) is 4.54. The number of aromatic carboxylic acids is 1. The Morgan fingerprint density at radius 1 is 1.57 bits per heavy atom. The van der Waals surface area contributed by atoms with Gasteiger partial charge in [0.05, 0.1) is 16.9 Å². The minimum atomic E-state index is -1.43. The van der Waals surface area contributed by atoms with Crippen LogP contribution in [0.4, 0.5) is 8.78 Å². The molecule has 0 aliphatic carbocycles. The molecular weight excluding hydrogens is 284 g/mol. The number of halogens is 2. The smallest absolute Gasteiger partial charge is 0.341 e. The van der Waals surface area contributed by atoms with Crippen LogP contribution in [0.3, 0.4) is 0 Å². The molecule has 3 rings (SSSR count). The predicted molar refractivity (Wildman–Crippen MR) is 70.4 cm³/mol. The molecule has 0 saturated heterocycles. The largest absolute Gasteiger partial charge is 0.489 e. The molecule has 0 bridgehead atoms. The van der Waals surface area contributed by atoms with Crippen molar-refractivity contribution in [2.75, 3.05) is 13.3 Å². The number of benzene rings is 1. The number of pyridine rings is 1. The van der Waals surface area contributed by atoms with Crippen LogP contribution in [0.25, 0.3) is 10.9 Å². The highest BCUT2D eigenvalue weighted by atomic mass is 19.1. The van der Waals surface area contributed by atoms with E-state index in [1.165, 1.54) is 11.5 Å². The zero-order chi connectivity index (χ0) is 15.3. The summed E-state index contributed by atoms with van der Waals surface area (Å²) < 4.78 is 33.7. The van der Waals surface area contributed by atoms with Gasteiger partial charge in [-0.3, -0.25) is 4.79 Å². The average molecular weight is 295 g/mol. The average Bonchev–Trinajstić information content (AvgIpc) is 2.46. The first-order valence-corrected chi connectivity index (χ1v) is 6.25. The maximum atomic E-state index is 13.9. The zero-order valence-electron chi connectivity index (χ0n) is 11.0. The molecule has 1 aliphatic rings. The summed E-state index contributed by atoms with van der Waals surface area (Å²) in [6, 6.07) is 0.229. The summed E-state index contributed by atoms with van der Waals surface area (Å²) in [7, 11) is 0. The van der Waals surface area contributed by atoms with Crippen molar-refractivity contribution in [3.05, 3.63) is 39.4 Å². The minimum absolute atomic E-state index is 0.0508. The minimum Gasteiger partial charge on any atom is -0.489 e.